The summed E-state index contributed by atoms with van der Waals surface area (Å²) < 4.78 is 5.68. The Kier molecular flexibility index (Phi) is 3.54. The minimum Gasteiger partial charge on any atom is -0.464 e. The van der Waals surface area contributed by atoms with Crippen molar-refractivity contribution >= 4 is 11.8 Å². The SMILES string of the molecule is CCSCc1ccc(CNC2CC2)o1. The minimum atomic E-state index is 0.758. The van der Waals surface area contributed by atoms with Crippen molar-refractivity contribution in [2.75, 3.05) is 5.75 Å². The number of thioether (sulfide) groups is 1. The summed E-state index contributed by atoms with van der Waals surface area (Å²) in [6.45, 7) is 3.06. The first-order valence-electron chi connectivity index (χ1n) is 5.27. The normalized spacial score (nSPS) is 16.1. The summed E-state index contributed by atoms with van der Waals surface area (Å²) in [4.78, 5) is 0. The predicted molar refractivity (Wildman–Crippen MR) is 60.4 cm³/mol. The van der Waals surface area contributed by atoms with E-state index in [1.165, 1.54) is 12.8 Å². The van der Waals surface area contributed by atoms with Crippen LogP contribution in [0.5, 0.6) is 0 Å². The molecule has 1 aromatic heterocycles. The summed E-state index contributed by atoms with van der Waals surface area (Å²) in [5, 5.41) is 3.44. The molecule has 0 spiro atoms. The van der Waals surface area contributed by atoms with Crippen LogP contribution in [0.3, 0.4) is 0 Å². The molecule has 0 aromatic carbocycles. The van der Waals surface area contributed by atoms with Crippen molar-refractivity contribution in [1.29, 1.82) is 0 Å². The van der Waals surface area contributed by atoms with E-state index in [0.717, 1.165) is 35.6 Å². The Balaban J connectivity index is 1.76. The summed E-state index contributed by atoms with van der Waals surface area (Å²) in [7, 11) is 0. The summed E-state index contributed by atoms with van der Waals surface area (Å²) in [6.07, 6.45) is 2.67. The maximum atomic E-state index is 5.68. The van der Waals surface area contributed by atoms with Gasteiger partial charge in [0.25, 0.3) is 0 Å². The Bertz CT molecular complexity index is 281. The Hall–Kier alpha value is -0.410. The zero-order valence-corrected chi connectivity index (χ0v) is 9.40. The number of hydrogen-bond donors (Lipinski definition) is 1. The topological polar surface area (TPSA) is 25.2 Å². The van der Waals surface area contributed by atoms with Crippen molar-refractivity contribution in [2.24, 2.45) is 0 Å². The Morgan fingerprint density at radius 3 is 2.93 bits per heavy atom. The fraction of sp³-hybridized carbons (Fsp3) is 0.636. The molecular formula is C11H17NOS. The van der Waals surface area contributed by atoms with Gasteiger partial charge < -0.3 is 9.73 Å². The van der Waals surface area contributed by atoms with Crippen molar-refractivity contribution in [3.8, 4) is 0 Å². The summed E-state index contributed by atoms with van der Waals surface area (Å²) in [6, 6.07) is 4.93. The fourth-order valence-electron chi connectivity index (χ4n) is 1.33. The van der Waals surface area contributed by atoms with Crippen LogP contribution >= 0.6 is 11.8 Å². The van der Waals surface area contributed by atoms with Crippen LogP contribution in [0.1, 0.15) is 31.3 Å². The highest BCUT2D eigenvalue weighted by Gasteiger charge is 2.20. The van der Waals surface area contributed by atoms with E-state index in [2.05, 4.69) is 24.4 Å². The van der Waals surface area contributed by atoms with Crippen LogP contribution in [-0.4, -0.2) is 11.8 Å². The summed E-state index contributed by atoms with van der Waals surface area (Å²) in [5.74, 6) is 4.32. The van der Waals surface area contributed by atoms with Crippen LogP contribution in [-0.2, 0) is 12.3 Å². The van der Waals surface area contributed by atoms with E-state index >= 15 is 0 Å². The molecular weight excluding hydrogens is 194 g/mol. The van der Waals surface area contributed by atoms with E-state index in [1.54, 1.807) is 0 Å². The van der Waals surface area contributed by atoms with Gasteiger partial charge in [-0.3, -0.25) is 0 Å². The second-order valence-corrected chi connectivity index (χ2v) is 4.93. The first kappa shape index (κ1) is 10.1. The molecule has 3 heteroatoms. The standard InChI is InChI=1S/C11H17NOS/c1-2-14-8-11-6-5-10(13-11)7-12-9-3-4-9/h5-6,9,12H,2-4,7-8H2,1H3. The van der Waals surface area contributed by atoms with Crippen LogP contribution in [0.4, 0.5) is 0 Å². The molecule has 2 nitrogen and oxygen atoms in total. The van der Waals surface area contributed by atoms with E-state index in [1.807, 2.05) is 11.8 Å². The van der Waals surface area contributed by atoms with E-state index in [0.29, 0.717) is 0 Å². The molecule has 1 aliphatic rings. The average Bonchev–Trinajstić information content (AvgIpc) is 2.92. The van der Waals surface area contributed by atoms with Crippen molar-refractivity contribution in [1.82, 2.24) is 5.32 Å². The maximum absolute atomic E-state index is 5.68. The molecule has 1 N–H and O–H groups in total. The molecule has 0 radical (unpaired) electrons. The molecule has 0 amide bonds. The van der Waals surface area contributed by atoms with Gasteiger partial charge in [-0.05, 0) is 30.7 Å². The van der Waals surface area contributed by atoms with Gasteiger partial charge in [0, 0.05) is 6.04 Å². The van der Waals surface area contributed by atoms with Gasteiger partial charge in [0.05, 0.1) is 12.3 Å². The molecule has 0 atom stereocenters. The quantitative estimate of drug-likeness (QED) is 0.783. The highest BCUT2D eigenvalue weighted by Crippen LogP contribution is 2.20. The van der Waals surface area contributed by atoms with Crippen LogP contribution in [0.25, 0.3) is 0 Å². The van der Waals surface area contributed by atoms with Gasteiger partial charge in [-0.25, -0.2) is 0 Å². The highest BCUT2D eigenvalue weighted by atomic mass is 32.2. The first-order valence-corrected chi connectivity index (χ1v) is 6.42. The van der Waals surface area contributed by atoms with Gasteiger partial charge in [0.1, 0.15) is 11.5 Å². The third-order valence-electron chi connectivity index (χ3n) is 2.31. The van der Waals surface area contributed by atoms with E-state index in [-0.39, 0.29) is 0 Å². The molecule has 1 fully saturated rings. The number of nitrogens with one attached hydrogen (secondary N) is 1. The van der Waals surface area contributed by atoms with Crippen molar-refractivity contribution in [3.63, 3.8) is 0 Å². The third-order valence-corrected chi connectivity index (χ3v) is 3.20. The van der Waals surface area contributed by atoms with Gasteiger partial charge >= 0.3 is 0 Å². The van der Waals surface area contributed by atoms with Gasteiger partial charge in [-0.1, -0.05) is 6.92 Å². The Morgan fingerprint density at radius 1 is 1.43 bits per heavy atom. The molecule has 0 unspecified atom stereocenters. The fourth-order valence-corrected chi connectivity index (χ4v) is 1.89. The largest absolute Gasteiger partial charge is 0.464 e. The maximum Gasteiger partial charge on any atom is 0.118 e. The molecule has 1 aliphatic carbocycles. The second-order valence-electron chi connectivity index (χ2n) is 3.66. The van der Waals surface area contributed by atoms with Gasteiger partial charge in [0.15, 0.2) is 0 Å². The minimum absolute atomic E-state index is 0.758. The average molecular weight is 211 g/mol. The zero-order chi connectivity index (χ0) is 9.80. The van der Waals surface area contributed by atoms with Gasteiger partial charge in [0.2, 0.25) is 0 Å². The van der Waals surface area contributed by atoms with Gasteiger partial charge in [-0.15, -0.1) is 0 Å². The molecule has 0 saturated heterocycles. The van der Waals surface area contributed by atoms with Gasteiger partial charge in [-0.2, -0.15) is 11.8 Å². The number of rotatable bonds is 6. The summed E-state index contributed by atoms with van der Waals surface area (Å²) >= 11 is 1.90. The van der Waals surface area contributed by atoms with Crippen LogP contribution in [0.2, 0.25) is 0 Å². The lowest BCUT2D eigenvalue weighted by molar-refractivity contribution is 0.458. The Morgan fingerprint density at radius 2 is 2.21 bits per heavy atom. The Labute approximate surface area is 89.4 Å². The molecule has 1 aromatic rings. The molecule has 2 rings (SSSR count). The smallest absolute Gasteiger partial charge is 0.118 e. The molecule has 0 bridgehead atoms. The van der Waals surface area contributed by atoms with E-state index in [9.17, 15) is 0 Å². The summed E-state index contributed by atoms with van der Waals surface area (Å²) in [5.41, 5.74) is 0. The number of hydrogen-bond acceptors (Lipinski definition) is 3. The van der Waals surface area contributed by atoms with Crippen LogP contribution in [0.15, 0.2) is 16.5 Å². The molecule has 78 valence electrons. The third kappa shape index (κ3) is 3.07. The van der Waals surface area contributed by atoms with Crippen molar-refractivity contribution < 1.29 is 4.42 Å². The second kappa shape index (κ2) is 4.89. The first-order chi connectivity index (χ1) is 6.88. The molecule has 14 heavy (non-hydrogen) atoms. The van der Waals surface area contributed by atoms with E-state index in [4.69, 9.17) is 4.42 Å². The highest BCUT2D eigenvalue weighted by molar-refractivity contribution is 7.98. The van der Waals surface area contributed by atoms with Crippen molar-refractivity contribution in [3.05, 3.63) is 23.7 Å². The number of furan rings is 1. The van der Waals surface area contributed by atoms with E-state index < -0.39 is 0 Å². The lowest BCUT2D eigenvalue weighted by atomic mass is 10.4. The molecule has 0 aliphatic heterocycles. The molecule has 1 saturated carbocycles. The monoisotopic (exact) mass is 211 g/mol. The van der Waals surface area contributed by atoms with Crippen LogP contribution < -0.4 is 5.32 Å². The van der Waals surface area contributed by atoms with Crippen LogP contribution in [0, 0.1) is 0 Å². The lowest BCUT2D eigenvalue weighted by Gasteiger charge is -1.98. The van der Waals surface area contributed by atoms with Crippen molar-refractivity contribution in [2.45, 2.75) is 38.1 Å². The molecule has 1 heterocycles. The zero-order valence-electron chi connectivity index (χ0n) is 8.58. The predicted octanol–water partition coefficient (Wildman–Crippen LogP) is 2.78. The lowest BCUT2D eigenvalue weighted by Crippen LogP contribution is -2.14.